The molecule has 114 valence electrons. The topological polar surface area (TPSA) is 60.6 Å². The summed E-state index contributed by atoms with van der Waals surface area (Å²) in [6.07, 6.45) is 3.72. The maximum Gasteiger partial charge on any atom is 0.191 e. The molecule has 0 radical (unpaired) electrons. The molecule has 0 amide bonds. The van der Waals surface area contributed by atoms with Gasteiger partial charge in [0.25, 0.3) is 0 Å². The van der Waals surface area contributed by atoms with Crippen molar-refractivity contribution in [3.05, 3.63) is 54.1 Å². The van der Waals surface area contributed by atoms with Crippen molar-refractivity contribution in [2.75, 3.05) is 7.05 Å². The average molecular weight is 314 g/mol. The largest absolute Gasteiger partial charge is 0.313 e. The number of aromatic nitrogens is 5. The van der Waals surface area contributed by atoms with Crippen LogP contribution in [0.2, 0.25) is 0 Å². The van der Waals surface area contributed by atoms with Crippen molar-refractivity contribution < 1.29 is 0 Å². The molecular formula is C15H18N6S. The van der Waals surface area contributed by atoms with Crippen LogP contribution in [0.15, 0.2) is 47.9 Å². The minimum atomic E-state index is 0.725. The normalized spacial score (nSPS) is 11.0. The first kappa shape index (κ1) is 14.8. The van der Waals surface area contributed by atoms with Crippen molar-refractivity contribution in [2.45, 2.75) is 17.5 Å². The molecule has 1 aromatic carbocycles. The second kappa shape index (κ2) is 6.76. The van der Waals surface area contributed by atoms with Crippen LogP contribution >= 0.6 is 11.8 Å². The molecule has 3 aromatic rings. The molecule has 0 unspecified atom stereocenters. The first-order chi connectivity index (χ1) is 10.8. The summed E-state index contributed by atoms with van der Waals surface area (Å²) in [4.78, 5) is 0. The SMILES string of the molecule is CNCc1nnc(SCc2ccc(-n3cccn3)cc2)n1C. The van der Waals surface area contributed by atoms with Gasteiger partial charge in [-0.15, -0.1) is 10.2 Å². The fourth-order valence-electron chi connectivity index (χ4n) is 2.10. The van der Waals surface area contributed by atoms with Crippen molar-refractivity contribution in [1.29, 1.82) is 0 Å². The van der Waals surface area contributed by atoms with Gasteiger partial charge in [0.2, 0.25) is 0 Å². The number of thioether (sulfide) groups is 1. The summed E-state index contributed by atoms with van der Waals surface area (Å²) in [5.41, 5.74) is 2.31. The van der Waals surface area contributed by atoms with Crippen LogP contribution in [0.4, 0.5) is 0 Å². The summed E-state index contributed by atoms with van der Waals surface area (Å²) in [5.74, 6) is 1.81. The van der Waals surface area contributed by atoms with Gasteiger partial charge in [-0.25, -0.2) is 4.68 Å². The average Bonchev–Trinajstić information content (AvgIpc) is 3.18. The smallest absolute Gasteiger partial charge is 0.191 e. The van der Waals surface area contributed by atoms with E-state index in [4.69, 9.17) is 0 Å². The Labute approximate surface area is 133 Å². The Morgan fingerprint density at radius 2 is 2.00 bits per heavy atom. The lowest BCUT2D eigenvalue weighted by atomic mass is 10.2. The third kappa shape index (κ3) is 3.20. The lowest BCUT2D eigenvalue weighted by Crippen LogP contribution is -2.10. The van der Waals surface area contributed by atoms with E-state index in [9.17, 15) is 0 Å². The molecular weight excluding hydrogens is 296 g/mol. The zero-order chi connectivity index (χ0) is 15.4. The molecule has 6 nitrogen and oxygen atoms in total. The van der Waals surface area contributed by atoms with Crippen LogP contribution in [0, 0.1) is 0 Å². The Kier molecular flexibility index (Phi) is 4.55. The summed E-state index contributed by atoms with van der Waals surface area (Å²) in [7, 11) is 3.90. The van der Waals surface area contributed by atoms with Crippen molar-refractivity contribution >= 4 is 11.8 Å². The predicted octanol–water partition coefficient (Wildman–Crippen LogP) is 2.01. The number of benzene rings is 1. The molecule has 0 saturated carbocycles. The van der Waals surface area contributed by atoms with E-state index < -0.39 is 0 Å². The molecule has 22 heavy (non-hydrogen) atoms. The van der Waals surface area contributed by atoms with E-state index in [0.717, 1.165) is 29.0 Å². The number of hydrogen-bond acceptors (Lipinski definition) is 5. The van der Waals surface area contributed by atoms with Crippen LogP contribution < -0.4 is 5.32 Å². The van der Waals surface area contributed by atoms with Crippen molar-refractivity contribution in [3.8, 4) is 5.69 Å². The lowest BCUT2D eigenvalue weighted by Gasteiger charge is -2.05. The van der Waals surface area contributed by atoms with Crippen LogP contribution in [0.25, 0.3) is 5.69 Å². The molecule has 2 aromatic heterocycles. The van der Waals surface area contributed by atoms with Crippen LogP contribution in [-0.4, -0.2) is 31.6 Å². The van der Waals surface area contributed by atoms with Gasteiger partial charge in [0, 0.05) is 25.2 Å². The highest BCUT2D eigenvalue weighted by Gasteiger charge is 2.08. The third-order valence-corrected chi connectivity index (χ3v) is 4.42. The minimum Gasteiger partial charge on any atom is -0.313 e. The van der Waals surface area contributed by atoms with Gasteiger partial charge >= 0.3 is 0 Å². The van der Waals surface area contributed by atoms with Crippen molar-refractivity contribution in [3.63, 3.8) is 0 Å². The Hall–Kier alpha value is -2.12. The molecule has 0 aliphatic heterocycles. The van der Waals surface area contributed by atoms with E-state index in [1.54, 1.807) is 18.0 Å². The summed E-state index contributed by atoms with van der Waals surface area (Å²) < 4.78 is 3.88. The Balaban J connectivity index is 1.64. The van der Waals surface area contributed by atoms with E-state index in [1.807, 2.05) is 35.6 Å². The van der Waals surface area contributed by atoms with Gasteiger partial charge < -0.3 is 9.88 Å². The Morgan fingerprint density at radius 1 is 1.18 bits per heavy atom. The van der Waals surface area contributed by atoms with Gasteiger partial charge in [0.1, 0.15) is 5.82 Å². The van der Waals surface area contributed by atoms with E-state index in [1.165, 1.54) is 5.56 Å². The van der Waals surface area contributed by atoms with Gasteiger partial charge in [0.15, 0.2) is 5.16 Å². The maximum absolute atomic E-state index is 4.23. The molecule has 2 heterocycles. The number of nitrogens with one attached hydrogen (secondary N) is 1. The zero-order valence-corrected chi connectivity index (χ0v) is 13.4. The molecule has 0 bridgehead atoms. The molecule has 3 rings (SSSR count). The highest BCUT2D eigenvalue weighted by Crippen LogP contribution is 2.21. The second-order valence-electron chi connectivity index (χ2n) is 4.89. The molecule has 0 saturated heterocycles. The first-order valence-electron chi connectivity index (χ1n) is 7.02. The molecule has 0 fully saturated rings. The lowest BCUT2D eigenvalue weighted by molar-refractivity contribution is 0.682. The van der Waals surface area contributed by atoms with E-state index >= 15 is 0 Å². The first-order valence-corrected chi connectivity index (χ1v) is 8.01. The fourth-order valence-corrected chi connectivity index (χ4v) is 2.98. The number of rotatable bonds is 6. The summed E-state index contributed by atoms with van der Waals surface area (Å²) >= 11 is 1.69. The van der Waals surface area contributed by atoms with Crippen LogP contribution in [0.5, 0.6) is 0 Å². The quantitative estimate of drug-likeness (QED) is 0.705. The van der Waals surface area contributed by atoms with Gasteiger partial charge in [-0.2, -0.15) is 5.10 Å². The Morgan fingerprint density at radius 3 is 2.68 bits per heavy atom. The van der Waals surface area contributed by atoms with Crippen LogP contribution in [0.3, 0.4) is 0 Å². The van der Waals surface area contributed by atoms with Crippen LogP contribution in [-0.2, 0) is 19.3 Å². The third-order valence-electron chi connectivity index (χ3n) is 3.33. The standard InChI is InChI=1S/C15H18N6S/c1-16-10-14-18-19-15(20(14)2)22-11-12-4-6-13(7-5-12)21-9-3-8-17-21/h3-9,16H,10-11H2,1-2H3. The van der Waals surface area contributed by atoms with Gasteiger partial charge in [-0.3, -0.25) is 0 Å². The molecule has 0 aliphatic rings. The molecule has 1 N–H and O–H groups in total. The van der Waals surface area contributed by atoms with Crippen molar-refractivity contribution in [2.24, 2.45) is 7.05 Å². The zero-order valence-electron chi connectivity index (χ0n) is 12.6. The van der Waals surface area contributed by atoms with E-state index in [2.05, 4.69) is 44.9 Å². The number of hydrogen-bond donors (Lipinski definition) is 1. The van der Waals surface area contributed by atoms with Gasteiger partial charge in [-0.1, -0.05) is 23.9 Å². The summed E-state index contributed by atoms with van der Waals surface area (Å²) in [6, 6.07) is 10.3. The molecule has 7 heteroatoms. The highest BCUT2D eigenvalue weighted by atomic mass is 32.2. The number of nitrogens with zero attached hydrogens (tertiary/aromatic N) is 5. The minimum absolute atomic E-state index is 0.725. The second-order valence-corrected chi connectivity index (χ2v) is 5.84. The monoisotopic (exact) mass is 314 g/mol. The molecule has 0 aliphatic carbocycles. The highest BCUT2D eigenvalue weighted by molar-refractivity contribution is 7.98. The van der Waals surface area contributed by atoms with Gasteiger partial charge in [-0.05, 0) is 30.8 Å². The van der Waals surface area contributed by atoms with Crippen molar-refractivity contribution in [1.82, 2.24) is 29.9 Å². The van der Waals surface area contributed by atoms with Gasteiger partial charge in [0.05, 0.1) is 12.2 Å². The maximum atomic E-state index is 4.23. The summed E-state index contributed by atoms with van der Waals surface area (Å²) in [6.45, 7) is 0.725. The Bertz CT molecular complexity index is 717. The van der Waals surface area contributed by atoms with E-state index in [-0.39, 0.29) is 0 Å². The predicted molar refractivity (Wildman–Crippen MR) is 86.9 cm³/mol. The summed E-state index contributed by atoms with van der Waals surface area (Å²) in [5, 5.41) is 16.7. The molecule has 0 spiro atoms. The molecule has 0 atom stereocenters. The van der Waals surface area contributed by atoms with Crippen LogP contribution in [0.1, 0.15) is 11.4 Å². The fraction of sp³-hybridized carbons (Fsp3) is 0.267. The van der Waals surface area contributed by atoms with E-state index in [0.29, 0.717) is 0 Å².